The van der Waals surface area contributed by atoms with Gasteiger partial charge in [-0.15, -0.1) is 0 Å². The second-order valence-corrected chi connectivity index (χ2v) is 4.95. The third-order valence-electron chi connectivity index (χ3n) is 4.28. The topological polar surface area (TPSA) is 15.3 Å². The van der Waals surface area contributed by atoms with E-state index in [2.05, 4.69) is 10.2 Å². The Morgan fingerprint density at radius 3 is 2.62 bits per heavy atom. The second-order valence-electron chi connectivity index (χ2n) is 4.95. The molecule has 1 N–H and O–H groups in total. The Kier molecular flexibility index (Phi) is 2.06. The van der Waals surface area contributed by atoms with E-state index in [1.54, 1.807) is 0 Å². The van der Waals surface area contributed by atoms with E-state index in [0.717, 1.165) is 18.0 Å². The van der Waals surface area contributed by atoms with Crippen molar-refractivity contribution in [2.75, 3.05) is 19.6 Å². The summed E-state index contributed by atoms with van der Waals surface area (Å²) in [4.78, 5) is 2.81. The van der Waals surface area contributed by atoms with Gasteiger partial charge in [0.15, 0.2) is 0 Å². The molecule has 0 aromatic carbocycles. The summed E-state index contributed by atoms with van der Waals surface area (Å²) in [7, 11) is 0. The molecular weight excluding hydrogens is 160 g/mol. The van der Waals surface area contributed by atoms with E-state index in [0.29, 0.717) is 0 Å². The number of rotatable bonds is 1. The van der Waals surface area contributed by atoms with Gasteiger partial charge in [0.05, 0.1) is 0 Å². The zero-order valence-corrected chi connectivity index (χ0v) is 8.34. The summed E-state index contributed by atoms with van der Waals surface area (Å²) in [5, 5.41) is 3.39. The maximum Gasteiger partial charge on any atom is 0.0348 e. The highest BCUT2D eigenvalue weighted by Crippen LogP contribution is 2.37. The van der Waals surface area contributed by atoms with Crippen molar-refractivity contribution in [2.45, 2.75) is 44.2 Å². The fourth-order valence-corrected chi connectivity index (χ4v) is 3.40. The number of likely N-dealkylation sites (tertiary alicyclic amines) is 1. The largest absolute Gasteiger partial charge is 0.314 e. The van der Waals surface area contributed by atoms with Gasteiger partial charge >= 0.3 is 0 Å². The van der Waals surface area contributed by atoms with E-state index in [9.17, 15) is 0 Å². The lowest BCUT2D eigenvalue weighted by Gasteiger charge is -2.41. The van der Waals surface area contributed by atoms with E-state index in [1.165, 1.54) is 51.7 Å². The molecule has 0 unspecified atom stereocenters. The van der Waals surface area contributed by atoms with Gasteiger partial charge < -0.3 is 5.32 Å². The first-order chi connectivity index (χ1) is 6.45. The van der Waals surface area contributed by atoms with Crippen LogP contribution in [0.1, 0.15) is 32.1 Å². The Morgan fingerprint density at radius 1 is 1.00 bits per heavy atom. The molecule has 0 radical (unpaired) electrons. The normalized spacial score (nSPS) is 41.5. The van der Waals surface area contributed by atoms with E-state index < -0.39 is 0 Å². The van der Waals surface area contributed by atoms with Crippen LogP contribution in [0, 0.1) is 5.92 Å². The molecule has 13 heavy (non-hydrogen) atoms. The molecule has 2 atom stereocenters. The van der Waals surface area contributed by atoms with Gasteiger partial charge in [-0.3, -0.25) is 4.90 Å². The highest BCUT2D eigenvalue weighted by atomic mass is 15.3. The van der Waals surface area contributed by atoms with Crippen LogP contribution >= 0.6 is 0 Å². The summed E-state index contributed by atoms with van der Waals surface area (Å²) in [5.74, 6) is 1.06. The van der Waals surface area contributed by atoms with Crippen LogP contribution in [0.3, 0.4) is 0 Å². The average molecular weight is 180 g/mol. The molecule has 3 rings (SSSR count). The van der Waals surface area contributed by atoms with Gasteiger partial charge in [-0.25, -0.2) is 0 Å². The quantitative estimate of drug-likeness (QED) is 0.653. The van der Waals surface area contributed by atoms with Crippen molar-refractivity contribution in [3.63, 3.8) is 0 Å². The maximum absolute atomic E-state index is 3.39. The van der Waals surface area contributed by atoms with Crippen LogP contribution in [0.25, 0.3) is 0 Å². The van der Waals surface area contributed by atoms with Crippen molar-refractivity contribution in [3.8, 4) is 0 Å². The third kappa shape index (κ3) is 1.31. The molecule has 0 aromatic rings. The Labute approximate surface area is 80.7 Å². The van der Waals surface area contributed by atoms with Gasteiger partial charge in [-0.05, 0) is 31.7 Å². The summed E-state index contributed by atoms with van der Waals surface area (Å²) in [5.41, 5.74) is 0. The first-order valence-electron chi connectivity index (χ1n) is 5.91. The van der Waals surface area contributed by atoms with Gasteiger partial charge in [0.1, 0.15) is 0 Å². The van der Waals surface area contributed by atoms with E-state index in [4.69, 9.17) is 0 Å². The van der Waals surface area contributed by atoms with Crippen LogP contribution in [0.4, 0.5) is 0 Å². The molecule has 3 aliphatic rings. The fourth-order valence-electron chi connectivity index (χ4n) is 3.40. The van der Waals surface area contributed by atoms with Gasteiger partial charge in [-0.2, -0.15) is 0 Å². The van der Waals surface area contributed by atoms with Crippen LogP contribution < -0.4 is 5.32 Å². The zero-order valence-electron chi connectivity index (χ0n) is 8.34. The number of hydrogen-bond donors (Lipinski definition) is 1. The van der Waals surface area contributed by atoms with Crippen LogP contribution in [-0.2, 0) is 0 Å². The first kappa shape index (κ1) is 8.25. The molecule has 0 spiro atoms. The molecule has 3 fully saturated rings. The maximum atomic E-state index is 3.39. The lowest BCUT2D eigenvalue weighted by Crippen LogP contribution is -2.59. The van der Waals surface area contributed by atoms with Crippen LogP contribution in [-0.4, -0.2) is 36.6 Å². The molecule has 0 aromatic heterocycles. The number of fused-ring (bicyclic) bond motifs is 1. The van der Waals surface area contributed by atoms with Gasteiger partial charge in [0, 0.05) is 25.2 Å². The molecule has 2 aliphatic heterocycles. The molecule has 2 saturated heterocycles. The molecule has 1 saturated carbocycles. The van der Waals surface area contributed by atoms with Crippen molar-refractivity contribution in [1.29, 1.82) is 0 Å². The molecule has 74 valence electrons. The monoisotopic (exact) mass is 180 g/mol. The van der Waals surface area contributed by atoms with Crippen molar-refractivity contribution < 1.29 is 0 Å². The van der Waals surface area contributed by atoms with Gasteiger partial charge in [0.2, 0.25) is 0 Å². The second kappa shape index (κ2) is 3.25. The summed E-state index contributed by atoms with van der Waals surface area (Å²) in [6.07, 6.45) is 7.47. The SMILES string of the molecule is C1CC[C@H]2[C@@H](C1)CCN2C1CNC1. The summed E-state index contributed by atoms with van der Waals surface area (Å²) < 4.78 is 0. The van der Waals surface area contributed by atoms with Crippen LogP contribution in [0.15, 0.2) is 0 Å². The minimum atomic E-state index is 0.896. The van der Waals surface area contributed by atoms with Crippen molar-refractivity contribution in [3.05, 3.63) is 0 Å². The lowest BCUT2D eigenvalue weighted by atomic mass is 9.85. The summed E-state index contributed by atoms with van der Waals surface area (Å²) in [6, 6.07) is 1.87. The van der Waals surface area contributed by atoms with E-state index in [1.807, 2.05) is 0 Å². The highest BCUT2D eigenvalue weighted by molar-refractivity contribution is 4.96. The van der Waals surface area contributed by atoms with Crippen molar-refractivity contribution in [2.24, 2.45) is 5.92 Å². The molecule has 1 aliphatic carbocycles. The predicted octanol–water partition coefficient (Wildman–Crippen LogP) is 1.22. The van der Waals surface area contributed by atoms with Crippen LogP contribution in [0.5, 0.6) is 0 Å². The minimum absolute atomic E-state index is 0.896. The highest BCUT2D eigenvalue weighted by Gasteiger charge is 2.40. The summed E-state index contributed by atoms with van der Waals surface area (Å²) >= 11 is 0. The average Bonchev–Trinajstić information content (AvgIpc) is 2.47. The van der Waals surface area contributed by atoms with Crippen LogP contribution in [0.2, 0.25) is 0 Å². The smallest absolute Gasteiger partial charge is 0.0348 e. The first-order valence-corrected chi connectivity index (χ1v) is 5.91. The Morgan fingerprint density at radius 2 is 1.85 bits per heavy atom. The molecule has 2 heterocycles. The Bertz CT molecular complexity index is 189. The molecule has 2 heteroatoms. The minimum Gasteiger partial charge on any atom is -0.314 e. The molecule has 0 amide bonds. The number of nitrogens with zero attached hydrogens (tertiary/aromatic N) is 1. The molecule has 2 nitrogen and oxygen atoms in total. The zero-order chi connectivity index (χ0) is 8.67. The van der Waals surface area contributed by atoms with Gasteiger partial charge in [-0.1, -0.05) is 12.8 Å². The van der Waals surface area contributed by atoms with E-state index in [-0.39, 0.29) is 0 Å². The number of hydrogen-bond acceptors (Lipinski definition) is 2. The molecular formula is C11H20N2. The Balaban J connectivity index is 1.68. The predicted molar refractivity (Wildman–Crippen MR) is 53.7 cm³/mol. The van der Waals surface area contributed by atoms with E-state index >= 15 is 0 Å². The van der Waals surface area contributed by atoms with Crippen molar-refractivity contribution in [1.82, 2.24) is 10.2 Å². The Hall–Kier alpha value is -0.0800. The fraction of sp³-hybridized carbons (Fsp3) is 1.00. The van der Waals surface area contributed by atoms with Crippen molar-refractivity contribution >= 4 is 0 Å². The summed E-state index contributed by atoms with van der Waals surface area (Å²) in [6.45, 7) is 3.90. The third-order valence-corrected chi connectivity index (χ3v) is 4.28. The lowest BCUT2D eigenvalue weighted by molar-refractivity contribution is 0.0988. The molecule has 0 bridgehead atoms. The van der Waals surface area contributed by atoms with Gasteiger partial charge in [0.25, 0.3) is 0 Å². The standard InChI is InChI=1S/C11H20N2/c1-2-4-11-9(3-1)5-6-13(11)10-7-12-8-10/h9-12H,1-8H2/t9-,11-/m0/s1. The number of nitrogens with one attached hydrogen (secondary N) is 1.